The molecule has 0 saturated heterocycles. The molecular weight excluding hydrogens is 389 g/mol. The third-order valence-corrected chi connectivity index (χ3v) is 6.46. The second-order valence-corrected chi connectivity index (χ2v) is 8.59. The van der Waals surface area contributed by atoms with Crippen LogP contribution in [0, 0.1) is 6.92 Å². The van der Waals surface area contributed by atoms with Crippen molar-refractivity contribution in [2.45, 2.75) is 18.4 Å². The quantitative estimate of drug-likeness (QED) is 0.545. The van der Waals surface area contributed by atoms with E-state index < -0.39 is 10.0 Å². The first kappa shape index (κ1) is 18.8. The fraction of sp³-hybridized carbons (Fsp3) is 0.100. The van der Waals surface area contributed by atoms with Crippen LogP contribution in [0.5, 0.6) is 0 Å². The van der Waals surface area contributed by atoms with Crippen LogP contribution in [0.1, 0.15) is 11.1 Å². The van der Waals surface area contributed by atoms with E-state index >= 15 is 0 Å². The smallest absolute Gasteiger partial charge is 0.262 e. The lowest BCUT2D eigenvalue weighted by atomic mass is 10.2. The van der Waals surface area contributed by atoms with Gasteiger partial charge in [0.2, 0.25) is 0 Å². The fourth-order valence-corrected chi connectivity index (χ4v) is 4.41. The largest absolute Gasteiger partial charge is 0.264 e. The van der Waals surface area contributed by atoms with Crippen molar-refractivity contribution in [3.05, 3.63) is 94.0 Å². The molecule has 0 spiro atoms. The van der Waals surface area contributed by atoms with E-state index in [0.717, 1.165) is 11.1 Å². The van der Waals surface area contributed by atoms with Crippen molar-refractivity contribution in [3.8, 4) is 0 Å². The summed E-state index contributed by atoms with van der Waals surface area (Å²) in [6.45, 7) is 2.08. The molecule has 0 atom stereocenters. The van der Waals surface area contributed by atoms with Crippen molar-refractivity contribution < 1.29 is 8.42 Å². The topological polar surface area (TPSA) is 37.4 Å². The number of anilines is 1. The normalized spacial score (nSPS) is 11.3. The van der Waals surface area contributed by atoms with E-state index in [1.807, 2.05) is 25.1 Å². The number of sulfonamides is 1. The van der Waals surface area contributed by atoms with Gasteiger partial charge in [-0.2, -0.15) is 0 Å². The number of hydrogen-bond donors (Lipinski definition) is 0. The van der Waals surface area contributed by atoms with Crippen LogP contribution in [0.25, 0.3) is 0 Å². The third kappa shape index (κ3) is 4.04. The summed E-state index contributed by atoms with van der Waals surface area (Å²) in [5, 5.41) is 0.828. The Hall–Kier alpha value is -2.01. The SMILES string of the molecule is Cc1cccc(N(Cc2ccc(Cl)c(Cl)c2)S(=O)(=O)c2ccccc2)c1. The Kier molecular flexibility index (Phi) is 5.56. The number of aryl methyl sites for hydroxylation is 1. The van der Waals surface area contributed by atoms with Crippen molar-refractivity contribution in [3.63, 3.8) is 0 Å². The first-order chi connectivity index (χ1) is 12.4. The van der Waals surface area contributed by atoms with Gasteiger partial charge >= 0.3 is 0 Å². The summed E-state index contributed by atoms with van der Waals surface area (Å²) < 4.78 is 27.9. The summed E-state index contributed by atoms with van der Waals surface area (Å²) in [6, 6.07) is 20.9. The predicted octanol–water partition coefficient (Wildman–Crippen LogP) is 5.70. The highest BCUT2D eigenvalue weighted by Crippen LogP contribution is 2.29. The Morgan fingerprint density at radius 3 is 2.23 bits per heavy atom. The molecule has 0 saturated carbocycles. The van der Waals surface area contributed by atoms with Crippen LogP contribution in [-0.2, 0) is 16.6 Å². The van der Waals surface area contributed by atoms with E-state index in [9.17, 15) is 8.42 Å². The highest BCUT2D eigenvalue weighted by atomic mass is 35.5. The summed E-state index contributed by atoms with van der Waals surface area (Å²) in [5.74, 6) is 0. The number of rotatable bonds is 5. The zero-order valence-electron chi connectivity index (χ0n) is 14.1. The van der Waals surface area contributed by atoms with Crippen LogP contribution in [0.2, 0.25) is 10.0 Å². The molecule has 0 heterocycles. The van der Waals surface area contributed by atoms with Gasteiger partial charge in [-0.1, -0.05) is 59.6 Å². The molecule has 0 amide bonds. The van der Waals surface area contributed by atoms with Crippen molar-refractivity contribution >= 4 is 38.9 Å². The van der Waals surface area contributed by atoms with Gasteiger partial charge in [-0.15, -0.1) is 0 Å². The molecule has 0 aliphatic carbocycles. The molecule has 0 unspecified atom stereocenters. The van der Waals surface area contributed by atoms with E-state index in [2.05, 4.69) is 0 Å². The zero-order chi connectivity index (χ0) is 18.7. The van der Waals surface area contributed by atoms with Gasteiger partial charge in [-0.3, -0.25) is 4.31 Å². The van der Waals surface area contributed by atoms with Gasteiger partial charge in [0.25, 0.3) is 10.0 Å². The van der Waals surface area contributed by atoms with Crippen molar-refractivity contribution in [2.24, 2.45) is 0 Å². The number of benzene rings is 3. The highest BCUT2D eigenvalue weighted by molar-refractivity contribution is 7.92. The van der Waals surface area contributed by atoms with Crippen LogP contribution in [0.4, 0.5) is 5.69 Å². The van der Waals surface area contributed by atoms with Gasteiger partial charge in [0.1, 0.15) is 0 Å². The van der Waals surface area contributed by atoms with Crippen LogP contribution >= 0.6 is 23.2 Å². The van der Waals surface area contributed by atoms with Crippen molar-refractivity contribution in [1.82, 2.24) is 0 Å². The number of hydrogen-bond acceptors (Lipinski definition) is 2. The molecule has 0 radical (unpaired) electrons. The summed E-state index contributed by atoms with van der Waals surface area (Å²) in [4.78, 5) is 0.238. The van der Waals surface area contributed by atoms with Crippen LogP contribution in [0.3, 0.4) is 0 Å². The van der Waals surface area contributed by atoms with Crippen molar-refractivity contribution in [2.75, 3.05) is 4.31 Å². The summed E-state index contributed by atoms with van der Waals surface area (Å²) >= 11 is 12.1. The molecule has 0 fully saturated rings. The second kappa shape index (κ2) is 7.70. The lowest BCUT2D eigenvalue weighted by molar-refractivity contribution is 0.590. The molecule has 3 aromatic rings. The highest BCUT2D eigenvalue weighted by Gasteiger charge is 2.25. The maximum absolute atomic E-state index is 13.3. The Morgan fingerprint density at radius 1 is 0.846 bits per heavy atom. The molecule has 3 rings (SSSR count). The maximum atomic E-state index is 13.3. The minimum Gasteiger partial charge on any atom is -0.262 e. The minimum absolute atomic E-state index is 0.150. The van der Waals surface area contributed by atoms with Crippen molar-refractivity contribution in [1.29, 1.82) is 0 Å². The van der Waals surface area contributed by atoms with Gasteiger partial charge in [0.15, 0.2) is 0 Å². The first-order valence-electron chi connectivity index (χ1n) is 7.96. The van der Waals surface area contributed by atoms with Gasteiger partial charge in [0, 0.05) is 0 Å². The molecule has 3 aromatic carbocycles. The Morgan fingerprint density at radius 2 is 1.58 bits per heavy atom. The van der Waals surface area contributed by atoms with Gasteiger partial charge in [-0.25, -0.2) is 8.42 Å². The van der Waals surface area contributed by atoms with Crippen LogP contribution in [-0.4, -0.2) is 8.42 Å². The van der Waals surface area contributed by atoms with Crippen LogP contribution < -0.4 is 4.31 Å². The molecule has 0 bridgehead atoms. The third-order valence-electron chi connectivity index (χ3n) is 3.93. The molecule has 0 aliphatic rings. The monoisotopic (exact) mass is 405 g/mol. The number of nitrogens with zero attached hydrogens (tertiary/aromatic N) is 1. The Bertz CT molecular complexity index is 1020. The fourth-order valence-electron chi connectivity index (χ4n) is 2.62. The van der Waals surface area contributed by atoms with Crippen LogP contribution in [0.15, 0.2) is 77.7 Å². The molecule has 0 N–H and O–H groups in total. The average molecular weight is 406 g/mol. The first-order valence-corrected chi connectivity index (χ1v) is 10.2. The van der Waals surface area contributed by atoms with Gasteiger partial charge in [-0.05, 0) is 54.4 Å². The molecular formula is C20H17Cl2NO2S. The standard InChI is InChI=1S/C20H17Cl2NO2S/c1-15-6-5-7-17(12-15)23(14-16-10-11-19(21)20(22)13-16)26(24,25)18-8-3-2-4-9-18/h2-13H,14H2,1H3. The predicted molar refractivity (Wildman–Crippen MR) is 107 cm³/mol. The average Bonchev–Trinajstić information content (AvgIpc) is 2.63. The summed E-state index contributed by atoms with van der Waals surface area (Å²) in [5.41, 5.74) is 2.32. The van der Waals surface area contributed by atoms with E-state index in [-0.39, 0.29) is 11.4 Å². The molecule has 0 aliphatic heterocycles. The van der Waals surface area contributed by atoms with E-state index in [0.29, 0.717) is 15.7 Å². The van der Waals surface area contributed by atoms with E-state index in [1.165, 1.54) is 4.31 Å². The zero-order valence-corrected chi connectivity index (χ0v) is 16.4. The molecule has 0 aromatic heterocycles. The van der Waals surface area contributed by atoms with E-state index in [1.54, 1.807) is 54.6 Å². The Labute approximate surface area is 163 Å². The minimum atomic E-state index is -3.73. The Balaban J connectivity index is 2.09. The second-order valence-electron chi connectivity index (χ2n) is 5.91. The van der Waals surface area contributed by atoms with Gasteiger partial charge < -0.3 is 0 Å². The molecule has 26 heavy (non-hydrogen) atoms. The molecule has 3 nitrogen and oxygen atoms in total. The summed E-state index contributed by atoms with van der Waals surface area (Å²) in [7, 11) is -3.73. The maximum Gasteiger partial charge on any atom is 0.264 e. The molecule has 134 valence electrons. The lowest BCUT2D eigenvalue weighted by Gasteiger charge is -2.25. The lowest BCUT2D eigenvalue weighted by Crippen LogP contribution is -2.30. The number of halogens is 2. The summed E-state index contributed by atoms with van der Waals surface area (Å²) in [6.07, 6.45) is 0. The van der Waals surface area contributed by atoms with Gasteiger partial charge in [0.05, 0.1) is 27.2 Å². The molecule has 6 heteroatoms. The van der Waals surface area contributed by atoms with E-state index in [4.69, 9.17) is 23.2 Å².